The zero-order valence-corrected chi connectivity index (χ0v) is 20.9. The zero-order chi connectivity index (χ0) is 23.7. The molecule has 3 aliphatic rings. The van der Waals surface area contributed by atoms with E-state index >= 15 is 4.39 Å². The summed E-state index contributed by atoms with van der Waals surface area (Å²) in [4.78, 5) is 36.0. The van der Waals surface area contributed by atoms with Crippen molar-refractivity contribution in [3.05, 3.63) is 10.3 Å². The van der Waals surface area contributed by atoms with Crippen LogP contribution in [0.1, 0.15) is 33.6 Å². The molecule has 0 radical (unpaired) electrons. The first-order valence-electron chi connectivity index (χ1n) is 10.5. The van der Waals surface area contributed by atoms with Crippen LogP contribution >= 0.6 is 15.9 Å². The van der Waals surface area contributed by atoms with Gasteiger partial charge in [-0.05, 0) is 49.5 Å². The summed E-state index contributed by atoms with van der Waals surface area (Å²) < 4.78 is 33.2. The second kappa shape index (κ2) is 7.91. The van der Waals surface area contributed by atoms with Crippen LogP contribution in [0.4, 0.5) is 15.0 Å². The van der Waals surface area contributed by atoms with Crippen molar-refractivity contribution in [3.63, 3.8) is 0 Å². The lowest BCUT2D eigenvalue weighted by Crippen LogP contribution is -2.57. The van der Waals surface area contributed by atoms with Gasteiger partial charge in [-0.25, -0.2) is 19.2 Å². The summed E-state index contributed by atoms with van der Waals surface area (Å²) in [6, 6.07) is -0.189. The van der Waals surface area contributed by atoms with Crippen molar-refractivity contribution in [2.24, 2.45) is 0 Å². The Morgan fingerprint density at radius 2 is 1.85 bits per heavy atom. The van der Waals surface area contributed by atoms with Gasteiger partial charge in [0.2, 0.25) is 16.7 Å². The van der Waals surface area contributed by atoms with E-state index in [-0.39, 0.29) is 44.8 Å². The molecule has 1 aromatic carbocycles. The predicted octanol–water partition coefficient (Wildman–Crippen LogP) is 3.05. The molecule has 4 heterocycles. The number of piperazine rings is 1. The van der Waals surface area contributed by atoms with Crippen molar-refractivity contribution in [3.8, 4) is 11.5 Å². The van der Waals surface area contributed by atoms with Gasteiger partial charge in [-0.2, -0.15) is 0 Å². The fourth-order valence-corrected chi connectivity index (χ4v) is 5.44. The van der Waals surface area contributed by atoms with Crippen LogP contribution in [0.25, 0.3) is 10.9 Å². The van der Waals surface area contributed by atoms with Crippen LogP contribution in [0.5, 0.6) is 11.5 Å². The van der Waals surface area contributed by atoms with Gasteiger partial charge in [0, 0.05) is 25.0 Å². The molecule has 2 bridgehead atoms. The number of halogens is 2. The van der Waals surface area contributed by atoms with Crippen molar-refractivity contribution in [2.45, 2.75) is 56.5 Å². The van der Waals surface area contributed by atoms with E-state index in [4.69, 9.17) is 14.4 Å². The van der Waals surface area contributed by atoms with Crippen molar-refractivity contribution >= 4 is 49.5 Å². The van der Waals surface area contributed by atoms with Crippen molar-refractivity contribution in [2.75, 3.05) is 24.2 Å². The number of amides is 1. The maximum atomic E-state index is 15.2. The third-order valence-electron chi connectivity index (χ3n) is 5.83. The first-order chi connectivity index (χ1) is 15.5. The Kier molecular flexibility index (Phi) is 5.40. The lowest BCUT2D eigenvalue weighted by molar-refractivity contribution is 0.0122. The van der Waals surface area contributed by atoms with E-state index in [1.807, 2.05) is 25.7 Å². The maximum absolute atomic E-state index is 15.2. The van der Waals surface area contributed by atoms with E-state index in [1.165, 1.54) is 6.26 Å². The molecule has 3 atom stereocenters. The molecule has 2 fully saturated rings. The number of hydrogen-bond acceptors (Lipinski definition) is 9. The van der Waals surface area contributed by atoms with Gasteiger partial charge in [0.05, 0.1) is 28.3 Å². The summed E-state index contributed by atoms with van der Waals surface area (Å²) >= 11 is 3.18. The molecule has 33 heavy (non-hydrogen) atoms. The Morgan fingerprint density at radius 1 is 1.21 bits per heavy atom. The zero-order valence-electron chi connectivity index (χ0n) is 18.5. The number of rotatable bonds is 2. The fraction of sp³-hybridized carbons (Fsp3) is 0.550. The molecule has 1 amide bonds. The first-order valence-corrected chi connectivity index (χ1v) is 12.8. The Hall–Kier alpha value is -2.25. The standard InChI is InChI=1S/C20H23BrFN5O5S/c1-20(2,3)30-19(28)27-9-5-6-10(27)8-26(7-9)17-11-14(23-18(24-17)33(4)29)13(22)12(21)16-15(11)31-25-32-16/h9-10,25H,5-8H2,1-4H3/t9-,10+,33?. The smallest absolute Gasteiger partial charge is 0.410 e. The minimum Gasteiger partial charge on any atom is -0.444 e. The summed E-state index contributed by atoms with van der Waals surface area (Å²) in [5.41, 5.74) is 1.67. The monoisotopic (exact) mass is 543 g/mol. The molecule has 0 aliphatic carbocycles. The molecule has 178 valence electrons. The van der Waals surface area contributed by atoms with E-state index in [9.17, 15) is 9.00 Å². The summed E-state index contributed by atoms with van der Waals surface area (Å²) in [5.74, 6) is 0.108. The molecule has 0 saturated carbocycles. The summed E-state index contributed by atoms with van der Waals surface area (Å²) in [6.07, 6.45) is 2.73. The van der Waals surface area contributed by atoms with Crippen LogP contribution in [-0.2, 0) is 15.5 Å². The molecule has 10 nitrogen and oxygen atoms in total. The number of carbonyl (C=O) groups excluding carboxylic acids is 1. The number of anilines is 1. The molecule has 3 aliphatic heterocycles. The minimum absolute atomic E-state index is 0.0112. The molecule has 2 aromatic rings. The van der Waals surface area contributed by atoms with Gasteiger partial charge in [-0.15, -0.1) is 0 Å². The number of benzene rings is 1. The molecule has 5 rings (SSSR count). The van der Waals surface area contributed by atoms with Gasteiger partial charge in [-0.3, -0.25) is 9.11 Å². The normalized spacial score (nSPS) is 22.7. The number of fused-ring (bicyclic) bond motifs is 5. The lowest BCUT2D eigenvalue weighted by Gasteiger charge is -2.42. The second-order valence-corrected chi connectivity index (χ2v) is 11.3. The highest BCUT2D eigenvalue weighted by Gasteiger charge is 2.45. The molecular weight excluding hydrogens is 521 g/mol. The van der Waals surface area contributed by atoms with Crippen molar-refractivity contribution in [1.29, 1.82) is 0 Å². The van der Waals surface area contributed by atoms with Crippen LogP contribution in [0.15, 0.2) is 9.63 Å². The number of nitrogens with zero attached hydrogens (tertiary/aromatic N) is 4. The van der Waals surface area contributed by atoms with E-state index in [1.54, 1.807) is 4.90 Å². The molecule has 1 N–H and O–H groups in total. The highest BCUT2D eigenvalue weighted by Crippen LogP contribution is 2.48. The van der Waals surface area contributed by atoms with Gasteiger partial charge >= 0.3 is 6.09 Å². The van der Waals surface area contributed by atoms with Crippen LogP contribution in [0.3, 0.4) is 0 Å². The fourth-order valence-electron chi connectivity index (χ4n) is 4.55. The Balaban J connectivity index is 1.59. The lowest BCUT2D eigenvalue weighted by atomic mass is 10.1. The third-order valence-corrected chi connectivity index (χ3v) is 7.24. The van der Waals surface area contributed by atoms with Gasteiger partial charge in [-0.1, -0.05) is 0 Å². The minimum atomic E-state index is -1.54. The summed E-state index contributed by atoms with van der Waals surface area (Å²) in [7, 11) is -1.54. The van der Waals surface area contributed by atoms with E-state index < -0.39 is 22.2 Å². The molecule has 1 unspecified atom stereocenters. The van der Waals surface area contributed by atoms with Gasteiger partial charge in [0.15, 0.2) is 5.82 Å². The summed E-state index contributed by atoms with van der Waals surface area (Å²) in [5, 5.41) is 0.326. The Morgan fingerprint density at radius 3 is 2.45 bits per heavy atom. The Labute approximate surface area is 200 Å². The maximum Gasteiger partial charge on any atom is 0.410 e. The number of hydrogen-bond donors (Lipinski definition) is 1. The average molecular weight is 544 g/mol. The molecule has 2 saturated heterocycles. The first kappa shape index (κ1) is 22.5. The second-order valence-electron chi connectivity index (χ2n) is 9.26. The van der Waals surface area contributed by atoms with Crippen LogP contribution in [0.2, 0.25) is 0 Å². The van der Waals surface area contributed by atoms with Crippen LogP contribution < -0.4 is 20.2 Å². The van der Waals surface area contributed by atoms with E-state index in [2.05, 4.69) is 31.5 Å². The quantitative estimate of drug-likeness (QED) is 0.571. The average Bonchev–Trinajstić information content (AvgIpc) is 3.32. The van der Waals surface area contributed by atoms with E-state index in [0.717, 1.165) is 12.8 Å². The predicted molar refractivity (Wildman–Crippen MR) is 121 cm³/mol. The number of ether oxygens (including phenoxy) is 1. The van der Waals surface area contributed by atoms with Crippen molar-refractivity contribution in [1.82, 2.24) is 20.5 Å². The van der Waals surface area contributed by atoms with E-state index in [0.29, 0.717) is 24.3 Å². The molecular formula is C20H23BrFN5O5S. The van der Waals surface area contributed by atoms with Gasteiger partial charge in [0.1, 0.15) is 21.4 Å². The molecule has 13 heteroatoms. The number of aromatic nitrogens is 2. The van der Waals surface area contributed by atoms with Gasteiger partial charge in [0.25, 0.3) is 0 Å². The number of carbonyl (C=O) groups is 1. The topological polar surface area (TPSA) is 106 Å². The highest BCUT2D eigenvalue weighted by molar-refractivity contribution is 9.10. The number of nitrogens with one attached hydrogen (secondary N) is 1. The molecule has 1 aromatic heterocycles. The SMILES string of the molecule is CS(=O)c1nc(N2C[C@H]3CC[C@@H](C2)N3C(=O)OC(C)(C)C)c2c3c(c(Br)c(F)c2n1)ONO3. The third kappa shape index (κ3) is 3.79. The van der Waals surface area contributed by atoms with Crippen LogP contribution in [0, 0.1) is 5.82 Å². The van der Waals surface area contributed by atoms with Gasteiger partial charge < -0.3 is 19.3 Å². The largest absolute Gasteiger partial charge is 0.444 e. The Bertz CT molecular complexity index is 1180. The van der Waals surface area contributed by atoms with Crippen molar-refractivity contribution < 1.29 is 27.8 Å². The highest BCUT2D eigenvalue weighted by atomic mass is 79.9. The summed E-state index contributed by atoms with van der Waals surface area (Å²) in [6.45, 7) is 6.43. The molecule has 0 spiro atoms. The van der Waals surface area contributed by atoms with Crippen LogP contribution in [-0.4, -0.2) is 62.2 Å².